The second-order valence-electron chi connectivity index (χ2n) is 7.50. The van der Waals surface area contributed by atoms with E-state index in [0.29, 0.717) is 35.9 Å². The molecule has 2 N–H and O–H groups in total. The summed E-state index contributed by atoms with van der Waals surface area (Å²) in [6.45, 7) is 3.00. The van der Waals surface area contributed by atoms with Gasteiger partial charge in [-0.3, -0.25) is 14.4 Å². The molecule has 2 aliphatic heterocycles. The normalized spacial score (nSPS) is 21.2. The Bertz CT molecular complexity index is 1020. The van der Waals surface area contributed by atoms with E-state index in [0.717, 1.165) is 20.8 Å². The molecule has 2 aliphatic rings. The van der Waals surface area contributed by atoms with Crippen LogP contribution in [0.4, 0.5) is 11.4 Å². The number of anilines is 2. The number of nitrogens with one attached hydrogen (secondary N) is 2. The molecule has 1 atom stereocenters. The number of rotatable bonds is 5. The molecule has 1 aromatic heterocycles. The number of carbonyl (C=O) groups excluding carboxylic acids is 3. The average molecular weight is 524 g/mol. The zero-order valence-corrected chi connectivity index (χ0v) is 20.1. The van der Waals surface area contributed by atoms with E-state index in [-0.39, 0.29) is 24.3 Å². The summed E-state index contributed by atoms with van der Waals surface area (Å²) in [5.41, 5.74) is 1.38. The summed E-state index contributed by atoms with van der Waals surface area (Å²) in [5.74, 6) is 0.785. The predicted molar refractivity (Wildman–Crippen MR) is 127 cm³/mol. The molecular weight excluding hydrogens is 502 g/mol. The SMILES string of the molecule is Cc1cc(NC(=O)C2(NC(=O)c3ccc(Br)s3)CCSC2)ccc1N1CCOCC1=O. The highest BCUT2D eigenvalue weighted by Gasteiger charge is 2.43. The molecule has 4 rings (SSSR count). The number of halogens is 1. The molecular formula is C21H22BrN3O4S2. The van der Waals surface area contributed by atoms with Gasteiger partial charge in [0, 0.05) is 23.7 Å². The maximum atomic E-state index is 13.2. The fraction of sp³-hybridized carbons (Fsp3) is 0.381. The fourth-order valence-electron chi connectivity index (χ4n) is 3.67. The van der Waals surface area contributed by atoms with Gasteiger partial charge in [0.25, 0.3) is 17.7 Å². The number of carbonyl (C=O) groups is 3. The molecule has 3 heterocycles. The number of aryl methyl sites for hydroxylation is 1. The lowest BCUT2D eigenvalue weighted by molar-refractivity contribution is -0.125. The first-order valence-electron chi connectivity index (χ1n) is 9.84. The van der Waals surface area contributed by atoms with Gasteiger partial charge in [0.1, 0.15) is 12.1 Å². The zero-order valence-electron chi connectivity index (χ0n) is 16.9. The van der Waals surface area contributed by atoms with Crippen molar-refractivity contribution >= 4 is 68.1 Å². The minimum absolute atomic E-state index is 0.0732. The molecule has 1 unspecified atom stereocenters. The maximum absolute atomic E-state index is 13.2. The van der Waals surface area contributed by atoms with Crippen molar-refractivity contribution in [3.05, 3.63) is 44.6 Å². The van der Waals surface area contributed by atoms with Crippen molar-refractivity contribution in [1.82, 2.24) is 5.32 Å². The van der Waals surface area contributed by atoms with Gasteiger partial charge in [-0.15, -0.1) is 11.3 Å². The van der Waals surface area contributed by atoms with Gasteiger partial charge >= 0.3 is 0 Å². The largest absolute Gasteiger partial charge is 0.370 e. The van der Waals surface area contributed by atoms with Crippen molar-refractivity contribution in [3.63, 3.8) is 0 Å². The summed E-state index contributed by atoms with van der Waals surface area (Å²) in [6.07, 6.45) is 0.571. The molecule has 31 heavy (non-hydrogen) atoms. The molecule has 0 aliphatic carbocycles. The van der Waals surface area contributed by atoms with Crippen LogP contribution in [0.15, 0.2) is 34.1 Å². The minimum atomic E-state index is -0.953. The summed E-state index contributed by atoms with van der Waals surface area (Å²) in [5, 5.41) is 5.94. The van der Waals surface area contributed by atoms with Crippen LogP contribution in [-0.4, -0.2) is 54.5 Å². The Hall–Kier alpha value is -1.88. The second kappa shape index (κ2) is 9.32. The van der Waals surface area contributed by atoms with Crippen molar-refractivity contribution in [3.8, 4) is 0 Å². The van der Waals surface area contributed by atoms with Crippen molar-refractivity contribution < 1.29 is 19.1 Å². The number of hydrogen-bond donors (Lipinski definition) is 2. The summed E-state index contributed by atoms with van der Waals surface area (Å²) < 4.78 is 6.06. The zero-order chi connectivity index (χ0) is 22.0. The molecule has 0 spiro atoms. The molecule has 1 aromatic carbocycles. The Kier molecular flexibility index (Phi) is 6.71. The fourth-order valence-corrected chi connectivity index (χ4v) is 6.29. The number of thioether (sulfide) groups is 1. The van der Waals surface area contributed by atoms with E-state index in [1.165, 1.54) is 11.3 Å². The van der Waals surface area contributed by atoms with Crippen molar-refractivity contribution in [2.75, 3.05) is 41.5 Å². The van der Waals surface area contributed by atoms with Crippen molar-refractivity contribution in [1.29, 1.82) is 0 Å². The maximum Gasteiger partial charge on any atom is 0.262 e. The topological polar surface area (TPSA) is 87.7 Å². The molecule has 2 aromatic rings. The van der Waals surface area contributed by atoms with Gasteiger partial charge in [-0.2, -0.15) is 11.8 Å². The van der Waals surface area contributed by atoms with E-state index in [2.05, 4.69) is 26.6 Å². The third-order valence-corrected chi connectivity index (χ3v) is 8.15. The van der Waals surface area contributed by atoms with Crippen LogP contribution in [0.5, 0.6) is 0 Å². The molecule has 0 bridgehead atoms. The van der Waals surface area contributed by atoms with E-state index >= 15 is 0 Å². The summed E-state index contributed by atoms with van der Waals surface area (Å²) in [7, 11) is 0. The highest BCUT2D eigenvalue weighted by molar-refractivity contribution is 9.11. The number of morpholine rings is 1. The van der Waals surface area contributed by atoms with Gasteiger partial charge in [-0.25, -0.2) is 0 Å². The lowest BCUT2D eigenvalue weighted by Crippen LogP contribution is -2.57. The summed E-state index contributed by atoms with van der Waals surface area (Å²) in [6, 6.07) is 9.04. The van der Waals surface area contributed by atoms with Crippen LogP contribution in [0.2, 0.25) is 0 Å². The monoisotopic (exact) mass is 523 g/mol. The Labute approximate surface area is 197 Å². The minimum Gasteiger partial charge on any atom is -0.370 e. The lowest BCUT2D eigenvalue weighted by Gasteiger charge is -2.29. The van der Waals surface area contributed by atoms with E-state index in [1.807, 2.05) is 25.1 Å². The highest BCUT2D eigenvalue weighted by Crippen LogP contribution is 2.32. The van der Waals surface area contributed by atoms with Gasteiger partial charge in [-0.1, -0.05) is 0 Å². The van der Waals surface area contributed by atoms with Gasteiger partial charge in [0.2, 0.25) is 0 Å². The Morgan fingerprint density at radius 2 is 2.10 bits per heavy atom. The number of benzene rings is 1. The predicted octanol–water partition coefficient (Wildman–Crippen LogP) is 3.43. The Morgan fingerprint density at radius 3 is 2.74 bits per heavy atom. The Morgan fingerprint density at radius 1 is 1.26 bits per heavy atom. The highest BCUT2D eigenvalue weighted by atomic mass is 79.9. The summed E-state index contributed by atoms with van der Waals surface area (Å²) in [4.78, 5) is 40.4. The van der Waals surface area contributed by atoms with Crippen LogP contribution >= 0.6 is 39.0 Å². The molecule has 2 fully saturated rings. The molecule has 3 amide bonds. The number of amides is 3. The van der Waals surface area contributed by atoms with Gasteiger partial charge in [0.15, 0.2) is 0 Å². The quantitative estimate of drug-likeness (QED) is 0.626. The first-order chi connectivity index (χ1) is 14.9. The van der Waals surface area contributed by atoms with Gasteiger partial charge in [-0.05, 0) is 70.9 Å². The third kappa shape index (κ3) is 4.82. The van der Waals surface area contributed by atoms with E-state index < -0.39 is 5.54 Å². The standard InChI is InChI=1S/C21H22BrN3O4S2/c1-13-10-14(2-3-15(13)25-7-8-29-11-18(25)26)23-20(28)21(6-9-30-12-21)24-19(27)16-4-5-17(22)31-16/h2-5,10H,6-9,11-12H2,1H3,(H,23,28)(H,24,27). The van der Waals surface area contributed by atoms with Crippen LogP contribution < -0.4 is 15.5 Å². The molecule has 7 nitrogen and oxygen atoms in total. The second-order valence-corrected chi connectivity index (χ2v) is 11.1. The summed E-state index contributed by atoms with van der Waals surface area (Å²) >= 11 is 6.35. The van der Waals surface area contributed by atoms with E-state index in [1.54, 1.807) is 28.8 Å². The lowest BCUT2D eigenvalue weighted by atomic mass is 9.97. The number of nitrogens with zero attached hydrogens (tertiary/aromatic N) is 1. The Balaban J connectivity index is 1.49. The third-order valence-electron chi connectivity index (χ3n) is 5.34. The number of hydrogen-bond acceptors (Lipinski definition) is 6. The van der Waals surface area contributed by atoms with Crippen molar-refractivity contribution in [2.45, 2.75) is 18.9 Å². The van der Waals surface area contributed by atoms with Gasteiger partial charge < -0.3 is 20.3 Å². The van der Waals surface area contributed by atoms with Crippen LogP contribution in [0.1, 0.15) is 21.7 Å². The smallest absolute Gasteiger partial charge is 0.262 e. The van der Waals surface area contributed by atoms with Crippen LogP contribution in [0, 0.1) is 6.92 Å². The average Bonchev–Trinajstić information content (AvgIpc) is 3.39. The van der Waals surface area contributed by atoms with Crippen LogP contribution in [0.25, 0.3) is 0 Å². The first kappa shape index (κ1) is 22.3. The van der Waals surface area contributed by atoms with E-state index in [9.17, 15) is 14.4 Å². The van der Waals surface area contributed by atoms with Gasteiger partial charge in [0.05, 0.1) is 15.3 Å². The molecule has 164 valence electrons. The van der Waals surface area contributed by atoms with Crippen LogP contribution in [-0.2, 0) is 14.3 Å². The molecule has 0 radical (unpaired) electrons. The van der Waals surface area contributed by atoms with Crippen molar-refractivity contribution in [2.24, 2.45) is 0 Å². The first-order valence-corrected chi connectivity index (χ1v) is 12.6. The molecule has 0 saturated carbocycles. The van der Waals surface area contributed by atoms with Crippen LogP contribution in [0.3, 0.4) is 0 Å². The molecule has 10 heteroatoms. The number of thiophene rings is 1. The number of ether oxygens (including phenoxy) is 1. The van der Waals surface area contributed by atoms with E-state index in [4.69, 9.17) is 4.74 Å². The molecule has 2 saturated heterocycles.